The number of piperidine rings is 1. The van der Waals surface area contributed by atoms with Gasteiger partial charge in [0.15, 0.2) is 5.96 Å². The monoisotopic (exact) mass is 482 g/mol. The molecule has 0 aromatic heterocycles. The molecule has 1 spiro atoms. The molecule has 9 nitrogen and oxygen atoms in total. The molecule has 5 N–H and O–H groups in total. The van der Waals surface area contributed by atoms with Crippen molar-refractivity contribution in [2.24, 2.45) is 22.4 Å². The highest BCUT2D eigenvalue weighted by Gasteiger charge is 2.48. The second-order valence-corrected chi connectivity index (χ2v) is 10.3. The summed E-state index contributed by atoms with van der Waals surface area (Å²) in [6.07, 6.45) is 5.70. The molecule has 3 atom stereocenters. The Morgan fingerprint density at radius 3 is 2.60 bits per heavy atom. The van der Waals surface area contributed by atoms with Crippen LogP contribution in [0.5, 0.6) is 0 Å². The standard InChI is InChI=1S/C26H38N6O3/c1-3-17(2)21(32-22(33)20(30-25(32)35)9-6-14-29-24(27)28)23(34)31-15-12-26(13-16-31)11-10-18-7-4-5-8-19(18)26/h4-5,7-8,17,20-21H,3,6,9-16H2,1-2H3,(H,30,35)(H4,27,28,29)/t17-,20-,21-/m1/s1. The lowest BCUT2D eigenvalue weighted by Crippen LogP contribution is -2.56. The molecule has 2 heterocycles. The molecular formula is C26H38N6O3. The minimum atomic E-state index is -0.792. The first-order valence-corrected chi connectivity index (χ1v) is 12.8. The Morgan fingerprint density at radius 1 is 1.20 bits per heavy atom. The fraction of sp³-hybridized carbons (Fsp3) is 0.615. The van der Waals surface area contributed by atoms with Gasteiger partial charge in [0.1, 0.15) is 12.1 Å². The van der Waals surface area contributed by atoms with E-state index in [2.05, 4.69) is 34.6 Å². The van der Waals surface area contributed by atoms with E-state index in [9.17, 15) is 14.4 Å². The molecule has 0 radical (unpaired) electrons. The molecule has 190 valence electrons. The molecule has 4 rings (SSSR count). The third-order valence-corrected chi connectivity index (χ3v) is 8.21. The number of amides is 4. The smallest absolute Gasteiger partial charge is 0.325 e. The molecule has 2 saturated heterocycles. The number of benzene rings is 1. The summed E-state index contributed by atoms with van der Waals surface area (Å²) in [5, 5.41) is 2.77. The second kappa shape index (κ2) is 10.3. The number of nitrogens with one attached hydrogen (secondary N) is 1. The lowest BCUT2D eigenvalue weighted by atomic mass is 9.73. The number of imide groups is 1. The number of guanidine groups is 1. The third-order valence-electron chi connectivity index (χ3n) is 8.21. The first-order chi connectivity index (χ1) is 16.8. The average Bonchev–Trinajstić information content (AvgIpc) is 3.34. The van der Waals surface area contributed by atoms with E-state index in [1.165, 1.54) is 16.0 Å². The zero-order valence-electron chi connectivity index (χ0n) is 20.8. The van der Waals surface area contributed by atoms with Gasteiger partial charge in [-0.2, -0.15) is 0 Å². The van der Waals surface area contributed by atoms with E-state index in [-0.39, 0.29) is 29.1 Å². The minimum absolute atomic E-state index is 0.000227. The van der Waals surface area contributed by atoms with Crippen LogP contribution < -0.4 is 16.8 Å². The van der Waals surface area contributed by atoms with Gasteiger partial charge in [-0.1, -0.05) is 44.5 Å². The summed E-state index contributed by atoms with van der Waals surface area (Å²) in [4.78, 5) is 46.9. The van der Waals surface area contributed by atoms with Crippen LogP contribution in [0.15, 0.2) is 29.3 Å². The van der Waals surface area contributed by atoms with E-state index in [0.29, 0.717) is 38.9 Å². The molecule has 0 unspecified atom stereocenters. The maximum absolute atomic E-state index is 13.8. The second-order valence-electron chi connectivity index (χ2n) is 10.3. The molecule has 2 aliphatic heterocycles. The Morgan fingerprint density at radius 2 is 1.91 bits per heavy atom. The molecule has 2 fully saturated rings. The van der Waals surface area contributed by atoms with Crippen molar-refractivity contribution in [1.29, 1.82) is 0 Å². The first-order valence-electron chi connectivity index (χ1n) is 12.8. The summed E-state index contributed by atoms with van der Waals surface area (Å²) >= 11 is 0. The number of fused-ring (bicyclic) bond motifs is 2. The molecule has 0 saturated carbocycles. The molecule has 35 heavy (non-hydrogen) atoms. The number of carbonyl (C=O) groups is 3. The number of likely N-dealkylation sites (tertiary alicyclic amines) is 1. The highest BCUT2D eigenvalue weighted by Crippen LogP contribution is 2.46. The van der Waals surface area contributed by atoms with Crippen LogP contribution in [0.2, 0.25) is 0 Å². The van der Waals surface area contributed by atoms with Crippen molar-refractivity contribution in [2.45, 2.75) is 76.3 Å². The van der Waals surface area contributed by atoms with Crippen LogP contribution in [0.3, 0.4) is 0 Å². The van der Waals surface area contributed by atoms with Gasteiger partial charge in [0.05, 0.1) is 0 Å². The SMILES string of the molecule is CC[C@@H](C)[C@H](C(=O)N1CCC2(CCc3ccccc32)CC1)N1C(=O)N[C@H](CCCN=C(N)N)C1=O. The van der Waals surface area contributed by atoms with Gasteiger partial charge in [0.2, 0.25) is 5.91 Å². The number of rotatable bonds is 8. The van der Waals surface area contributed by atoms with Crippen LogP contribution in [0.1, 0.15) is 63.5 Å². The zero-order valence-corrected chi connectivity index (χ0v) is 20.8. The lowest BCUT2D eigenvalue weighted by molar-refractivity contribution is -0.145. The van der Waals surface area contributed by atoms with Crippen molar-refractivity contribution in [3.05, 3.63) is 35.4 Å². The van der Waals surface area contributed by atoms with Crippen LogP contribution in [-0.2, 0) is 21.4 Å². The van der Waals surface area contributed by atoms with Crippen LogP contribution in [0, 0.1) is 5.92 Å². The molecule has 9 heteroatoms. The summed E-state index contributed by atoms with van der Waals surface area (Å²) in [6.45, 7) is 5.59. The molecular weight excluding hydrogens is 444 g/mol. The van der Waals surface area contributed by atoms with E-state index in [4.69, 9.17) is 11.5 Å². The summed E-state index contributed by atoms with van der Waals surface area (Å²) in [5.74, 6) is -0.595. The number of urea groups is 1. The van der Waals surface area contributed by atoms with Gasteiger partial charge in [-0.25, -0.2) is 9.69 Å². The average molecular weight is 483 g/mol. The number of carbonyl (C=O) groups excluding carboxylic acids is 3. The highest BCUT2D eigenvalue weighted by molar-refractivity contribution is 6.07. The van der Waals surface area contributed by atoms with Crippen molar-refractivity contribution < 1.29 is 14.4 Å². The molecule has 0 bridgehead atoms. The fourth-order valence-corrected chi connectivity index (χ4v) is 5.97. The largest absolute Gasteiger partial charge is 0.370 e. The number of aryl methyl sites for hydroxylation is 1. The maximum atomic E-state index is 13.8. The Hall–Kier alpha value is -3.10. The Balaban J connectivity index is 1.44. The third kappa shape index (κ3) is 4.86. The minimum Gasteiger partial charge on any atom is -0.370 e. The van der Waals surface area contributed by atoms with Crippen LogP contribution >= 0.6 is 0 Å². The number of nitrogens with zero attached hydrogens (tertiary/aromatic N) is 3. The predicted octanol–water partition coefficient (Wildman–Crippen LogP) is 1.88. The van der Waals surface area contributed by atoms with Gasteiger partial charge in [-0.15, -0.1) is 0 Å². The van der Waals surface area contributed by atoms with Gasteiger partial charge in [0, 0.05) is 19.6 Å². The van der Waals surface area contributed by atoms with Crippen molar-refractivity contribution in [2.75, 3.05) is 19.6 Å². The predicted molar refractivity (Wildman–Crippen MR) is 135 cm³/mol. The Bertz CT molecular complexity index is 997. The Kier molecular flexibility index (Phi) is 7.33. The van der Waals surface area contributed by atoms with Crippen molar-refractivity contribution in [3.8, 4) is 0 Å². The summed E-state index contributed by atoms with van der Waals surface area (Å²) in [6, 6.07) is 6.72. The number of hydrogen-bond donors (Lipinski definition) is 3. The van der Waals surface area contributed by atoms with Gasteiger partial charge in [-0.3, -0.25) is 14.6 Å². The summed E-state index contributed by atoms with van der Waals surface area (Å²) in [7, 11) is 0. The van der Waals surface area contributed by atoms with Crippen molar-refractivity contribution in [1.82, 2.24) is 15.1 Å². The molecule has 1 aliphatic carbocycles. The maximum Gasteiger partial charge on any atom is 0.325 e. The summed E-state index contributed by atoms with van der Waals surface area (Å²) < 4.78 is 0. The van der Waals surface area contributed by atoms with E-state index in [0.717, 1.165) is 25.7 Å². The van der Waals surface area contributed by atoms with Crippen molar-refractivity contribution in [3.63, 3.8) is 0 Å². The van der Waals surface area contributed by atoms with Crippen LogP contribution in [0.4, 0.5) is 4.79 Å². The first kappa shape index (κ1) is 25.0. The van der Waals surface area contributed by atoms with Crippen LogP contribution in [0.25, 0.3) is 0 Å². The summed E-state index contributed by atoms with van der Waals surface area (Å²) in [5.41, 5.74) is 13.7. The number of nitrogens with two attached hydrogens (primary N) is 2. The number of aliphatic imine (C=N–C) groups is 1. The fourth-order valence-electron chi connectivity index (χ4n) is 5.97. The zero-order chi connectivity index (χ0) is 25.2. The van der Waals surface area contributed by atoms with Crippen LogP contribution in [-0.4, -0.2) is 65.3 Å². The normalized spacial score (nSPS) is 22.6. The van der Waals surface area contributed by atoms with E-state index in [1.54, 1.807) is 0 Å². The Labute approximate surface area is 207 Å². The lowest BCUT2D eigenvalue weighted by Gasteiger charge is -2.42. The van der Waals surface area contributed by atoms with E-state index in [1.807, 2.05) is 18.7 Å². The van der Waals surface area contributed by atoms with Gasteiger partial charge >= 0.3 is 6.03 Å². The van der Waals surface area contributed by atoms with Gasteiger partial charge in [-0.05, 0) is 61.0 Å². The van der Waals surface area contributed by atoms with Gasteiger partial charge < -0.3 is 21.7 Å². The van der Waals surface area contributed by atoms with E-state index < -0.39 is 18.1 Å². The molecule has 3 aliphatic rings. The molecule has 4 amide bonds. The topological polar surface area (TPSA) is 134 Å². The number of hydrogen-bond acceptors (Lipinski definition) is 4. The van der Waals surface area contributed by atoms with Gasteiger partial charge in [0.25, 0.3) is 5.91 Å². The quantitative estimate of drug-likeness (QED) is 0.225. The van der Waals surface area contributed by atoms with E-state index >= 15 is 0 Å². The van der Waals surface area contributed by atoms with Crippen molar-refractivity contribution >= 4 is 23.8 Å². The molecule has 1 aromatic carbocycles. The highest BCUT2D eigenvalue weighted by atomic mass is 16.2. The molecule has 1 aromatic rings.